The van der Waals surface area contributed by atoms with Crippen LogP contribution in [0.25, 0.3) is 16.8 Å². The van der Waals surface area contributed by atoms with Crippen molar-refractivity contribution in [2.24, 2.45) is 4.99 Å². The van der Waals surface area contributed by atoms with Gasteiger partial charge in [-0.3, -0.25) is 4.99 Å². The number of anilines is 3. The largest absolute Gasteiger partial charge is 0.378 e. The molecule has 0 bridgehead atoms. The van der Waals surface area contributed by atoms with Gasteiger partial charge in [-0.1, -0.05) is 6.07 Å². The molecule has 1 N–H and O–H groups in total. The summed E-state index contributed by atoms with van der Waals surface area (Å²) in [6.07, 6.45) is 8.62. The molecule has 1 fully saturated rings. The molecular formula is C25H24N6O. The lowest BCUT2D eigenvalue weighted by molar-refractivity contribution is 0.122. The Kier molecular flexibility index (Phi) is 4.61. The number of fused-ring (bicyclic) bond motifs is 2. The van der Waals surface area contributed by atoms with E-state index in [1.165, 1.54) is 11.1 Å². The average Bonchev–Trinajstić information content (AvgIpc) is 3.52. The Hall–Kier alpha value is -3.71. The highest BCUT2D eigenvalue weighted by Crippen LogP contribution is 2.34. The Labute approximate surface area is 186 Å². The maximum absolute atomic E-state index is 5.45. The lowest BCUT2D eigenvalue weighted by atomic mass is 10.00. The van der Waals surface area contributed by atoms with E-state index >= 15 is 0 Å². The first kappa shape index (κ1) is 19.0. The van der Waals surface area contributed by atoms with Gasteiger partial charge in [0, 0.05) is 49.4 Å². The number of benzene rings is 1. The van der Waals surface area contributed by atoms with E-state index in [-0.39, 0.29) is 0 Å². The number of ether oxygens (including phenoxy) is 1. The molecule has 6 rings (SSSR count). The van der Waals surface area contributed by atoms with Crippen LogP contribution in [0.2, 0.25) is 0 Å². The predicted octanol–water partition coefficient (Wildman–Crippen LogP) is 4.54. The number of aliphatic imine (C=N–C) groups is 1. The molecule has 3 aromatic heterocycles. The number of hydrogen-bond donors (Lipinski definition) is 1. The van der Waals surface area contributed by atoms with Gasteiger partial charge in [0.05, 0.1) is 36.5 Å². The topological polar surface area (TPSA) is 67.0 Å². The Morgan fingerprint density at radius 1 is 1.03 bits per heavy atom. The maximum atomic E-state index is 5.45. The van der Waals surface area contributed by atoms with E-state index < -0.39 is 0 Å². The summed E-state index contributed by atoms with van der Waals surface area (Å²) in [6.45, 7) is 5.46. The fourth-order valence-electron chi connectivity index (χ4n) is 4.49. The monoisotopic (exact) mass is 424 g/mol. The molecule has 2 aliphatic heterocycles. The number of pyridine rings is 2. The number of aryl methyl sites for hydroxylation is 1. The zero-order valence-corrected chi connectivity index (χ0v) is 18.0. The Morgan fingerprint density at radius 3 is 2.78 bits per heavy atom. The van der Waals surface area contributed by atoms with Crippen molar-refractivity contribution in [3.8, 4) is 11.1 Å². The quantitative estimate of drug-likeness (QED) is 0.521. The zero-order chi connectivity index (χ0) is 21.5. The van der Waals surface area contributed by atoms with E-state index in [1.54, 1.807) is 0 Å². The smallest absolute Gasteiger partial charge is 0.160 e. The molecule has 7 nitrogen and oxygen atoms in total. The van der Waals surface area contributed by atoms with Crippen LogP contribution in [0, 0.1) is 6.92 Å². The first-order valence-corrected chi connectivity index (χ1v) is 10.9. The molecule has 0 spiro atoms. The number of nitrogens with one attached hydrogen (secondary N) is 1. The van der Waals surface area contributed by atoms with Gasteiger partial charge in [-0.05, 0) is 48.4 Å². The number of hydrogen-bond acceptors (Lipinski definition) is 6. The van der Waals surface area contributed by atoms with Crippen molar-refractivity contribution in [3.63, 3.8) is 0 Å². The molecule has 160 valence electrons. The van der Waals surface area contributed by atoms with Crippen molar-refractivity contribution >= 4 is 34.7 Å². The summed E-state index contributed by atoms with van der Waals surface area (Å²) in [6, 6.07) is 12.8. The Bertz CT molecular complexity index is 1320. The van der Waals surface area contributed by atoms with E-state index in [0.29, 0.717) is 0 Å². The first-order chi connectivity index (χ1) is 15.8. The molecular weight excluding hydrogens is 400 g/mol. The van der Waals surface area contributed by atoms with Crippen molar-refractivity contribution in [3.05, 3.63) is 66.2 Å². The van der Waals surface area contributed by atoms with Crippen molar-refractivity contribution in [1.29, 1.82) is 0 Å². The van der Waals surface area contributed by atoms with Crippen LogP contribution in [0.5, 0.6) is 0 Å². The summed E-state index contributed by atoms with van der Waals surface area (Å²) >= 11 is 0. The van der Waals surface area contributed by atoms with Crippen LogP contribution in [0.15, 0.2) is 60.0 Å². The Morgan fingerprint density at radius 2 is 1.94 bits per heavy atom. The molecule has 0 aliphatic carbocycles. The number of rotatable bonds is 4. The minimum Gasteiger partial charge on any atom is -0.378 e. The molecule has 0 saturated carbocycles. The van der Waals surface area contributed by atoms with Gasteiger partial charge in [-0.15, -0.1) is 0 Å². The van der Waals surface area contributed by atoms with E-state index in [0.717, 1.165) is 72.5 Å². The summed E-state index contributed by atoms with van der Waals surface area (Å²) in [4.78, 5) is 16.0. The van der Waals surface area contributed by atoms with Gasteiger partial charge in [0.15, 0.2) is 5.65 Å². The van der Waals surface area contributed by atoms with Gasteiger partial charge in [0.1, 0.15) is 5.82 Å². The molecule has 1 aromatic carbocycles. The van der Waals surface area contributed by atoms with Gasteiger partial charge in [-0.2, -0.15) is 0 Å². The molecule has 7 heteroatoms. The summed E-state index contributed by atoms with van der Waals surface area (Å²) in [7, 11) is 0. The first-order valence-electron chi connectivity index (χ1n) is 10.9. The summed E-state index contributed by atoms with van der Waals surface area (Å²) in [5, 5.41) is 3.49. The van der Waals surface area contributed by atoms with E-state index in [4.69, 9.17) is 4.74 Å². The highest BCUT2D eigenvalue weighted by molar-refractivity contribution is 5.83. The minimum atomic E-state index is 0.763. The third kappa shape index (κ3) is 3.31. The third-order valence-electron chi connectivity index (χ3n) is 6.24. The minimum absolute atomic E-state index is 0.763. The van der Waals surface area contributed by atoms with Crippen LogP contribution >= 0.6 is 0 Å². The van der Waals surface area contributed by atoms with Crippen molar-refractivity contribution in [2.75, 3.05) is 36.5 Å². The number of morpholine rings is 1. The fraction of sp³-hybridized carbons (Fsp3) is 0.240. The van der Waals surface area contributed by atoms with Crippen LogP contribution in [-0.4, -0.2) is 46.9 Å². The summed E-state index contributed by atoms with van der Waals surface area (Å²) < 4.78 is 7.58. The van der Waals surface area contributed by atoms with E-state index in [2.05, 4.69) is 66.8 Å². The summed E-state index contributed by atoms with van der Waals surface area (Å²) in [5.41, 5.74) is 8.76. The van der Waals surface area contributed by atoms with Gasteiger partial charge in [-0.25, -0.2) is 9.97 Å². The molecule has 2 aliphatic rings. The van der Waals surface area contributed by atoms with Crippen molar-refractivity contribution < 1.29 is 4.74 Å². The van der Waals surface area contributed by atoms with Gasteiger partial charge in [0.25, 0.3) is 0 Å². The fourth-order valence-corrected chi connectivity index (χ4v) is 4.49. The normalized spacial score (nSPS) is 15.3. The molecule has 0 atom stereocenters. The number of nitrogens with zero attached hydrogens (tertiary/aromatic N) is 5. The van der Waals surface area contributed by atoms with Crippen LogP contribution in [0.4, 0.5) is 22.9 Å². The number of imidazole rings is 1. The second kappa shape index (κ2) is 7.76. The highest BCUT2D eigenvalue weighted by atomic mass is 16.5. The molecule has 32 heavy (non-hydrogen) atoms. The molecule has 0 radical (unpaired) electrons. The molecule has 0 amide bonds. The zero-order valence-electron chi connectivity index (χ0n) is 18.0. The number of aromatic nitrogens is 3. The third-order valence-corrected chi connectivity index (χ3v) is 6.24. The van der Waals surface area contributed by atoms with Gasteiger partial charge >= 0.3 is 0 Å². The molecule has 0 unspecified atom stereocenters. The lowest BCUT2D eigenvalue weighted by Crippen LogP contribution is -2.36. The van der Waals surface area contributed by atoms with Gasteiger partial charge < -0.3 is 19.4 Å². The second-order valence-electron chi connectivity index (χ2n) is 8.16. The van der Waals surface area contributed by atoms with Crippen LogP contribution in [-0.2, 0) is 11.2 Å². The van der Waals surface area contributed by atoms with Crippen LogP contribution in [0.1, 0.15) is 11.3 Å². The summed E-state index contributed by atoms with van der Waals surface area (Å²) in [5.74, 6) is 0.795. The van der Waals surface area contributed by atoms with Gasteiger partial charge in [0.2, 0.25) is 0 Å². The highest BCUT2D eigenvalue weighted by Gasteiger charge is 2.16. The molecule has 1 saturated heterocycles. The standard InChI is InChI=1S/C25H24N6O/c1-17-21(18-2-4-22-19(14-18)6-7-26-22)15-23(25-27-8-9-31(17)25)29-24-5-3-20(16-28-24)30-10-12-32-13-11-30/h2-5,7-9,14-16H,6,10-13H2,1H3,(H,28,29). The second-order valence-corrected chi connectivity index (χ2v) is 8.16. The van der Waals surface area contributed by atoms with E-state index in [1.807, 2.05) is 30.9 Å². The van der Waals surface area contributed by atoms with Crippen LogP contribution < -0.4 is 10.2 Å². The van der Waals surface area contributed by atoms with Crippen molar-refractivity contribution in [1.82, 2.24) is 14.4 Å². The lowest BCUT2D eigenvalue weighted by Gasteiger charge is -2.28. The maximum Gasteiger partial charge on any atom is 0.160 e. The van der Waals surface area contributed by atoms with Crippen LogP contribution in [0.3, 0.4) is 0 Å². The molecule has 5 heterocycles. The molecule has 4 aromatic rings. The Balaban J connectivity index is 1.35. The predicted molar refractivity (Wildman–Crippen MR) is 128 cm³/mol. The SMILES string of the molecule is Cc1c(-c2ccc3c(c2)CC=N3)cc(Nc2ccc(N3CCOCC3)cn2)c2nccn12. The van der Waals surface area contributed by atoms with Crippen molar-refractivity contribution in [2.45, 2.75) is 13.3 Å². The van der Waals surface area contributed by atoms with E-state index in [9.17, 15) is 0 Å². The average molecular weight is 425 g/mol.